The average Bonchev–Trinajstić information content (AvgIpc) is 2.35. The molecule has 2 aromatic rings. The van der Waals surface area contributed by atoms with Gasteiger partial charge in [-0.15, -0.1) is 13.2 Å². The second-order valence-corrected chi connectivity index (χ2v) is 4.40. The Morgan fingerprint density at radius 2 is 2.14 bits per heavy atom. The lowest BCUT2D eigenvalue weighted by Crippen LogP contribution is -2.18. The van der Waals surface area contributed by atoms with Crippen molar-refractivity contribution >= 4 is 5.69 Å². The first-order valence-corrected chi connectivity index (χ1v) is 6.13. The number of benzene rings is 1. The van der Waals surface area contributed by atoms with Gasteiger partial charge in [0.1, 0.15) is 11.6 Å². The molecule has 0 aliphatic rings. The molecular formula is C13H12F3N3O3. The molecule has 0 unspecified atom stereocenters. The van der Waals surface area contributed by atoms with Gasteiger partial charge < -0.3 is 20.1 Å². The molecule has 22 heavy (non-hydrogen) atoms. The third-order valence-electron chi connectivity index (χ3n) is 2.62. The normalized spacial score (nSPS) is 11.3. The molecule has 9 heteroatoms. The monoisotopic (exact) mass is 315 g/mol. The zero-order valence-electron chi connectivity index (χ0n) is 11.4. The van der Waals surface area contributed by atoms with Gasteiger partial charge in [-0.05, 0) is 24.6 Å². The first kappa shape index (κ1) is 15.7. The van der Waals surface area contributed by atoms with Gasteiger partial charge >= 0.3 is 6.36 Å². The Morgan fingerprint density at radius 1 is 1.41 bits per heavy atom. The molecule has 1 aromatic heterocycles. The van der Waals surface area contributed by atoms with Crippen molar-refractivity contribution in [3.63, 3.8) is 0 Å². The number of aromatic amines is 1. The van der Waals surface area contributed by atoms with E-state index in [4.69, 9.17) is 0 Å². The van der Waals surface area contributed by atoms with Crippen molar-refractivity contribution in [2.45, 2.75) is 19.8 Å². The third-order valence-corrected chi connectivity index (χ3v) is 2.62. The summed E-state index contributed by atoms with van der Waals surface area (Å²) in [6.45, 7) is 1.51. The minimum absolute atomic E-state index is 0.0104. The van der Waals surface area contributed by atoms with Crippen molar-refractivity contribution in [3.8, 4) is 11.6 Å². The van der Waals surface area contributed by atoms with Crippen LogP contribution in [0.4, 0.5) is 18.9 Å². The maximum Gasteiger partial charge on any atom is 0.573 e. The van der Waals surface area contributed by atoms with Gasteiger partial charge in [0, 0.05) is 6.54 Å². The van der Waals surface area contributed by atoms with Gasteiger partial charge in [-0.3, -0.25) is 4.79 Å². The lowest BCUT2D eigenvalue weighted by atomic mass is 10.2. The average molecular weight is 315 g/mol. The van der Waals surface area contributed by atoms with Gasteiger partial charge in [-0.2, -0.15) is 4.98 Å². The van der Waals surface area contributed by atoms with Gasteiger partial charge in [-0.25, -0.2) is 0 Å². The molecule has 0 spiro atoms. The van der Waals surface area contributed by atoms with Crippen LogP contribution in [0.25, 0.3) is 0 Å². The number of hydrogen-bond acceptors (Lipinski definition) is 5. The Labute approximate surface area is 122 Å². The van der Waals surface area contributed by atoms with E-state index in [0.29, 0.717) is 5.56 Å². The molecule has 0 atom stereocenters. The molecule has 0 saturated heterocycles. The lowest BCUT2D eigenvalue weighted by molar-refractivity contribution is -0.274. The number of anilines is 1. The van der Waals surface area contributed by atoms with Crippen LogP contribution in [0.15, 0.2) is 29.1 Å². The van der Waals surface area contributed by atoms with Crippen LogP contribution < -0.4 is 15.6 Å². The predicted molar refractivity (Wildman–Crippen MR) is 71.7 cm³/mol. The van der Waals surface area contributed by atoms with Crippen LogP contribution in [0.5, 0.6) is 11.6 Å². The SMILES string of the molecule is Cc1nc(O)c(NCc2cccc(OC(F)(F)F)c2)c(=O)[nH]1. The summed E-state index contributed by atoms with van der Waals surface area (Å²) in [6.07, 6.45) is -4.78. The maximum absolute atomic E-state index is 12.1. The lowest BCUT2D eigenvalue weighted by Gasteiger charge is -2.11. The van der Waals surface area contributed by atoms with Crippen molar-refractivity contribution < 1.29 is 23.0 Å². The Bertz CT molecular complexity index is 728. The van der Waals surface area contributed by atoms with E-state index in [2.05, 4.69) is 20.0 Å². The van der Waals surface area contributed by atoms with Crippen molar-refractivity contribution in [1.82, 2.24) is 9.97 Å². The summed E-state index contributed by atoms with van der Waals surface area (Å²) in [5, 5.41) is 12.2. The van der Waals surface area contributed by atoms with Crippen LogP contribution in [0, 0.1) is 6.92 Å². The molecule has 6 nitrogen and oxygen atoms in total. The number of rotatable bonds is 4. The summed E-state index contributed by atoms with van der Waals surface area (Å²) in [5.74, 6) is -0.607. The summed E-state index contributed by atoms with van der Waals surface area (Å²) in [4.78, 5) is 17.7. The predicted octanol–water partition coefficient (Wildman–Crippen LogP) is 2.29. The number of hydrogen-bond donors (Lipinski definition) is 3. The molecule has 0 fully saturated rings. The highest BCUT2D eigenvalue weighted by atomic mass is 19.4. The summed E-state index contributed by atoms with van der Waals surface area (Å²) in [5.41, 5.74) is -0.304. The van der Waals surface area contributed by atoms with E-state index in [9.17, 15) is 23.1 Å². The first-order valence-electron chi connectivity index (χ1n) is 6.13. The fraction of sp³-hybridized carbons (Fsp3) is 0.231. The summed E-state index contributed by atoms with van der Waals surface area (Å²) in [7, 11) is 0. The molecule has 0 aliphatic carbocycles. The van der Waals surface area contributed by atoms with E-state index < -0.39 is 17.8 Å². The molecule has 1 aromatic carbocycles. The number of halogens is 3. The van der Waals surface area contributed by atoms with E-state index in [-0.39, 0.29) is 23.8 Å². The quantitative estimate of drug-likeness (QED) is 0.806. The van der Waals surface area contributed by atoms with Crippen LogP contribution in [0.3, 0.4) is 0 Å². The molecule has 0 saturated carbocycles. The Morgan fingerprint density at radius 3 is 2.77 bits per heavy atom. The standard InChI is InChI=1S/C13H12F3N3O3/c1-7-18-11(20)10(12(21)19-7)17-6-8-3-2-4-9(5-8)22-13(14,15)16/h2-5,17H,6H2,1H3,(H2,18,19,20,21). The van der Waals surface area contributed by atoms with Crippen LogP contribution in [-0.2, 0) is 6.54 Å². The molecule has 1 heterocycles. The summed E-state index contributed by atoms with van der Waals surface area (Å²) in [6, 6.07) is 5.26. The molecule has 0 radical (unpaired) electrons. The number of nitrogens with zero attached hydrogens (tertiary/aromatic N) is 1. The molecule has 0 aliphatic heterocycles. The van der Waals surface area contributed by atoms with E-state index in [1.165, 1.54) is 19.1 Å². The van der Waals surface area contributed by atoms with Crippen LogP contribution in [-0.4, -0.2) is 21.4 Å². The molecule has 3 N–H and O–H groups in total. The minimum Gasteiger partial charge on any atom is -0.492 e. The highest BCUT2D eigenvalue weighted by molar-refractivity contribution is 5.50. The number of aryl methyl sites for hydroxylation is 1. The molecule has 118 valence electrons. The summed E-state index contributed by atoms with van der Waals surface area (Å²) < 4.78 is 40.2. The third kappa shape index (κ3) is 4.14. The Hall–Kier alpha value is -2.71. The highest BCUT2D eigenvalue weighted by Crippen LogP contribution is 2.24. The minimum atomic E-state index is -4.78. The number of ether oxygens (including phenoxy) is 1. The van der Waals surface area contributed by atoms with Crippen molar-refractivity contribution in [2.24, 2.45) is 0 Å². The maximum atomic E-state index is 12.1. The van der Waals surface area contributed by atoms with Gasteiger partial charge in [-0.1, -0.05) is 12.1 Å². The fourth-order valence-electron chi connectivity index (χ4n) is 1.77. The van der Waals surface area contributed by atoms with Crippen molar-refractivity contribution in [2.75, 3.05) is 5.32 Å². The van der Waals surface area contributed by atoms with Crippen LogP contribution >= 0.6 is 0 Å². The Balaban J connectivity index is 2.13. The Kier molecular flexibility index (Phi) is 4.25. The smallest absolute Gasteiger partial charge is 0.492 e. The van der Waals surface area contributed by atoms with Gasteiger partial charge in [0.2, 0.25) is 5.88 Å². The van der Waals surface area contributed by atoms with E-state index in [1.54, 1.807) is 6.07 Å². The van der Waals surface area contributed by atoms with E-state index >= 15 is 0 Å². The molecular weight excluding hydrogens is 303 g/mol. The number of H-pyrrole nitrogens is 1. The number of alkyl halides is 3. The molecule has 2 rings (SSSR count). The van der Waals surface area contributed by atoms with Crippen molar-refractivity contribution in [1.29, 1.82) is 0 Å². The van der Waals surface area contributed by atoms with E-state index in [0.717, 1.165) is 6.07 Å². The van der Waals surface area contributed by atoms with E-state index in [1.807, 2.05) is 0 Å². The van der Waals surface area contributed by atoms with Crippen LogP contribution in [0.1, 0.15) is 11.4 Å². The topological polar surface area (TPSA) is 87.2 Å². The number of aromatic hydroxyl groups is 1. The zero-order valence-corrected chi connectivity index (χ0v) is 11.4. The van der Waals surface area contributed by atoms with Gasteiger partial charge in [0.15, 0.2) is 5.69 Å². The largest absolute Gasteiger partial charge is 0.573 e. The van der Waals surface area contributed by atoms with Gasteiger partial charge in [0.05, 0.1) is 0 Å². The zero-order chi connectivity index (χ0) is 16.3. The number of aromatic nitrogens is 2. The van der Waals surface area contributed by atoms with Crippen molar-refractivity contribution in [3.05, 3.63) is 46.0 Å². The number of nitrogens with one attached hydrogen (secondary N) is 2. The first-order chi connectivity index (χ1) is 10.2. The van der Waals surface area contributed by atoms with Crippen LogP contribution in [0.2, 0.25) is 0 Å². The van der Waals surface area contributed by atoms with Gasteiger partial charge in [0.25, 0.3) is 5.56 Å². The second kappa shape index (κ2) is 5.96. The second-order valence-electron chi connectivity index (χ2n) is 4.40. The fourth-order valence-corrected chi connectivity index (χ4v) is 1.77. The highest BCUT2D eigenvalue weighted by Gasteiger charge is 2.31. The summed E-state index contributed by atoms with van der Waals surface area (Å²) >= 11 is 0. The molecule has 0 bridgehead atoms. The molecule has 0 amide bonds.